The molecule has 1 unspecified atom stereocenters. The summed E-state index contributed by atoms with van der Waals surface area (Å²) >= 11 is 1.32. The Balaban J connectivity index is 2.29. The Morgan fingerprint density at radius 3 is 2.93 bits per heavy atom. The number of rotatable bonds is 2. The van der Waals surface area contributed by atoms with Gasteiger partial charge in [-0.3, -0.25) is 0 Å². The lowest BCUT2D eigenvalue weighted by Gasteiger charge is -2.20. The van der Waals surface area contributed by atoms with E-state index in [1.165, 1.54) is 11.3 Å². The Morgan fingerprint density at radius 1 is 1.53 bits per heavy atom. The molecule has 1 aliphatic heterocycles. The van der Waals surface area contributed by atoms with Gasteiger partial charge in [0.1, 0.15) is 10.3 Å². The number of hydrogen-bond donors (Lipinski definition) is 1. The second-order valence-electron chi connectivity index (χ2n) is 3.68. The minimum atomic E-state index is -3.01. The van der Waals surface area contributed by atoms with Gasteiger partial charge in [0.05, 0.1) is 18.1 Å². The van der Waals surface area contributed by atoms with Crippen molar-refractivity contribution >= 4 is 21.2 Å². The minimum absolute atomic E-state index is 0.114. The first-order valence-electron chi connectivity index (χ1n) is 4.90. The maximum Gasteiger partial charge on any atom is 0.158 e. The fourth-order valence-electron chi connectivity index (χ4n) is 1.83. The molecule has 2 heterocycles. The fourth-order valence-corrected chi connectivity index (χ4v) is 4.53. The molecule has 6 heteroatoms. The molecule has 0 aromatic carbocycles. The summed E-state index contributed by atoms with van der Waals surface area (Å²) in [5.41, 5.74) is 0.615. The molecular weight excluding hydrogens is 234 g/mol. The Bertz CT molecular complexity index is 438. The van der Waals surface area contributed by atoms with Gasteiger partial charge in [0.2, 0.25) is 0 Å². The van der Waals surface area contributed by atoms with Crippen molar-refractivity contribution in [2.45, 2.75) is 31.1 Å². The van der Waals surface area contributed by atoms with Gasteiger partial charge >= 0.3 is 0 Å². The molecule has 2 rings (SSSR count). The normalized spacial score (nSPS) is 25.3. The Hall–Kier alpha value is -0.460. The van der Waals surface area contributed by atoms with E-state index < -0.39 is 15.1 Å². The van der Waals surface area contributed by atoms with E-state index in [9.17, 15) is 8.42 Å². The molecule has 15 heavy (non-hydrogen) atoms. The van der Waals surface area contributed by atoms with Crippen LogP contribution < -0.4 is 0 Å². The van der Waals surface area contributed by atoms with Gasteiger partial charge in [0, 0.05) is 5.38 Å². The Kier molecular flexibility index (Phi) is 3.08. The van der Waals surface area contributed by atoms with Crippen molar-refractivity contribution in [3.05, 3.63) is 16.1 Å². The van der Waals surface area contributed by atoms with Crippen LogP contribution in [0.2, 0.25) is 0 Å². The van der Waals surface area contributed by atoms with E-state index in [1.807, 2.05) is 0 Å². The summed E-state index contributed by atoms with van der Waals surface area (Å²) in [5, 5.41) is 10.8. The summed E-state index contributed by atoms with van der Waals surface area (Å²) in [6.07, 6.45) is 2.36. The van der Waals surface area contributed by atoms with E-state index in [1.54, 1.807) is 5.38 Å². The lowest BCUT2D eigenvalue weighted by Crippen LogP contribution is -2.21. The van der Waals surface area contributed by atoms with Gasteiger partial charge in [0.15, 0.2) is 9.84 Å². The first-order valence-corrected chi connectivity index (χ1v) is 7.50. The topological polar surface area (TPSA) is 67.3 Å². The zero-order valence-electron chi connectivity index (χ0n) is 8.22. The number of aliphatic hydroxyl groups excluding tert-OH is 1. The largest absolute Gasteiger partial charge is 0.389 e. The van der Waals surface area contributed by atoms with Crippen LogP contribution in [0.3, 0.4) is 0 Å². The molecule has 0 spiro atoms. The molecule has 1 fully saturated rings. The maximum atomic E-state index is 11.8. The quantitative estimate of drug-likeness (QED) is 0.854. The lowest BCUT2D eigenvalue weighted by atomic mass is 10.1. The minimum Gasteiger partial charge on any atom is -0.389 e. The third kappa shape index (κ3) is 2.21. The van der Waals surface area contributed by atoms with Crippen molar-refractivity contribution in [2.24, 2.45) is 0 Å². The first kappa shape index (κ1) is 11.0. The predicted octanol–water partition coefficient (Wildman–Crippen LogP) is 1.28. The molecule has 1 aromatic heterocycles. The summed E-state index contributed by atoms with van der Waals surface area (Å²) in [7, 11) is -3.01. The molecule has 1 aliphatic rings. The van der Waals surface area contributed by atoms with Gasteiger partial charge in [0.25, 0.3) is 0 Å². The monoisotopic (exact) mass is 247 g/mol. The van der Waals surface area contributed by atoms with Crippen molar-refractivity contribution in [1.82, 2.24) is 4.98 Å². The summed E-state index contributed by atoms with van der Waals surface area (Å²) < 4.78 is 23.6. The molecule has 0 bridgehead atoms. The molecule has 0 saturated carbocycles. The zero-order valence-corrected chi connectivity index (χ0v) is 9.85. The summed E-state index contributed by atoms with van der Waals surface area (Å²) in [6.45, 7) is -0.114. The van der Waals surface area contributed by atoms with Crippen LogP contribution in [0, 0.1) is 0 Å². The smallest absolute Gasteiger partial charge is 0.158 e. The highest BCUT2D eigenvalue weighted by molar-refractivity contribution is 7.91. The highest BCUT2D eigenvalue weighted by Crippen LogP contribution is 2.33. The first-order chi connectivity index (χ1) is 7.13. The summed E-state index contributed by atoms with van der Waals surface area (Å²) in [4.78, 5) is 4.14. The molecule has 0 amide bonds. The number of aliphatic hydroxyl groups is 1. The highest BCUT2D eigenvalue weighted by atomic mass is 32.2. The van der Waals surface area contributed by atoms with E-state index in [0.717, 1.165) is 12.8 Å². The van der Waals surface area contributed by atoms with Crippen LogP contribution in [0.5, 0.6) is 0 Å². The SMILES string of the molecule is O=S1(=O)CCCCC1c1csc(CO)n1. The van der Waals surface area contributed by atoms with Crippen LogP contribution in [0.15, 0.2) is 5.38 Å². The molecule has 0 aliphatic carbocycles. The van der Waals surface area contributed by atoms with Crippen LogP contribution in [0.1, 0.15) is 35.2 Å². The van der Waals surface area contributed by atoms with Crippen molar-refractivity contribution < 1.29 is 13.5 Å². The Labute approximate surface area is 92.9 Å². The second kappa shape index (κ2) is 4.19. The molecule has 1 aromatic rings. The van der Waals surface area contributed by atoms with Gasteiger partial charge in [-0.25, -0.2) is 13.4 Å². The molecular formula is C9H13NO3S2. The standard InChI is InChI=1S/C9H13NO3S2/c11-5-9-10-7(6-14-9)8-3-1-2-4-15(8,12)13/h6,8,11H,1-5H2. The average molecular weight is 247 g/mol. The molecule has 1 N–H and O–H groups in total. The molecule has 0 radical (unpaired) electrons. The third-order valence-electron chi connectivity index (χ3n) is 2.61. The van der Waals surface area contributed by atoms with Gasteiger partial charge in [-0.05, 0) is 12.8 Å². The lowest BCUT2D eigenvalue weighted by molar-refractivity contribution is 0.281. The van der Waals surface area contributed by atoms with Crippen LogP contribution in [0.4, 0.5) is 0 Å². The number of nitrogens with zero attached hydrogens (tertiary/aromatic N) is 1. The number of thiazole rings is 1. The molecule has 84 valence electrons. The highest BCUT2D eigenvalue weighted by Gasteiger charge is 2.31. The van der Waals surface area contributed by atoms with E-state index in [4.69, 9.17) is 5.11 Å². The number of sulfone groups is 1. The predicted molar refractivity (Wildman–Crippen MR) is 58.4 cm³/mol. The fraction of sp³-hybridized carbons (Fsp3) is 0.667. The van der Waals surface area contributed by atoms with Crippen LogP contribution in [0.25, 0.3) is 0 Å². The average Bonchev–Trinajstić information content (AvgIpc) is 2.65. The Morgan fingerprint density at radius 2 is 2.33 bits per heavy atom. The van der Waals surface area contributed by atoms with E-state index >= 15 is 0 Å². The van der Waals surface area contributed by atoms with E-state index in [2.05, 4.69) is 4.98 Å². The van der Waals surface area contributed by atoms with Crippen molar-refractivity contribution in [3.63, 3.8) is 0 Å². The second-order valence-corrected chi connectivity index (χ2v) is 6.92. The number of aromatic nitrogens is 1. The van der Waals surface area contributed by atoms with Gasteiger partial charge in [-0.2, -0.15) is 0 Å². The van der Waals surface area contributed by atoms with Gasteiger partial charge in [-0.1, -0.05) is 6.42 Å². The van der Waals surface area contributed by atoms with Crippen LogP contribution in [-0.4, -0.2) is 24.3 Å². The molecule has 1 atom stereocenters. The van der Waals surface area contributed by atoms with Crippen LogP contribution >= 0.6 is 11.3 Å². The maximum absolute atomic E-state index is 11.8. The van der Waals surface area contributed by atoms with E-state index in [-0.39, 0.29) is 12.4 Å². The van der Waals surface area contributed by atoms with Gasteiger partial charge in [-0.15, -0.1) is 11.3 Å². The summed E-state index contributed by atoms with van der Waals surface area (Å²) in [6, 6.07) is 0. The zero-order chi connectivity index (χ0) is 10.9. The van der Waals surface area contributed by atoms with Gasteiger partial charge < -0.3 is 5.11 Å². The number of hydrogen-bond acceptors (Lipinski definition) is 5. The molecule has 1 saturated heterocycles. The van der Waals surface area contributed by atoms with E-state index in [0.29, 0.717) is 17.1 Å². The van der Waals surface area contributed by atoms with Crippen molar-refractivity contribution in [1.29, 1.82) is 0 Å². The third-order valence-corrected chi connectivity index (χ3v) is 5.67. The van der Waals surface area contributed by atoms with Crippen molar-refractivity contribution in [2.75, 3.05) is 5.75 Å². The van der Waals surface area contributed by atoms with Crippen molar-refractivity contribution in [3.8, 4) is 0 Å². The van der Waals surface area contributed by atoms with Crippen LogP contribution in [-0.2, 0) is 16.4 Å². The molecule has 4 nitrogen and oxygen atoms in total. The summed E-state index contributed by atoms with van der Waals surface area (Å²) in [5.74, 6) is 0.268.